The number of ether oxygens (including phenoxy) is 1. The Kier molecular flexibility index (Phi) is 12.3. The highest BCUT2D eigenvalue weighted by Crippen LogP contribution is 1.80. The van der Waals surface area contributed by atoms with Crippen molar-refractivity contribution in [1.29, 1.82) is 0 Å². The van der Waals surface area contributed by atoms with E-state index in [4.69, 9.17) is 4.74 Å². The van der Waals surface area contributed by atoms with Crippen molar-refractivity contribution in [3.05, 3.63) is 0 Å². The first kappa shape index (κ1) is 18.7. The molecule has 0 unspecified atom stereocenters. The lowest BCUT2D eigenvalue weighted by Gasteiger charge is -2.27. The molecule has 16 heavy (non-hydrogen) atoms. The van der Waals surface area contributed by atoms with Crippen LogP contribution in [0.2, 0.25) is 0 Å². The number of likely N-dealkylation sites (N-methyl/N-ethyl adjacent to an activating group) is 1. The van der Waals surface area contributed by atoms with E-state index < -0.39 is 0 Å². The van der Waals surface area contributed by atoms with E-state index in [1.54, 1.807) is 4.90 Å². The molecule has 0 aliphatic carbocycles. The van der Waals surface area contributed by atoms with Crippen LogP contribution < -0.4 is 21.9 Å². The van der Waals surface area contributed by atoms with Gasteiger partial charge in [-0.2, -0.15) is 0 Å². The first-order chi connectivity index (χ1) is 6.95. The summed E-state index contributed by atoms with van der Waals surface area (Å²) in [7, 11) is 4.15. The molecule has 0 bridgehead atoms. The molecule has 0 fully saturated rings. The lowest BCUT2D eigenvalue weighted by molar-refractivity contribution is -0.942. The Morgan fingerprint density at radius 3 is 1.88 bits per heavy atom. The fourth-order valence-corrected chi connectivity index (χ4v) is 1.78. The quantitative estimate of drug-likeness (QED) is 0.490. The van der Waals surface area contributed by atoms with Crippen molar-refractivity contribution in [3.63, 3.8) is 0 Å². The van der Waals surface area contributed by atoms with Gasteiger partial charge in [0.1, 0.15) is 6.54 Å². The average Bonchev–Trinajstić information content (AvgIpc) is 2.08. The summed E-state index contributed by atoms with van der Waals surface area (Å²) in [6.07, 6.45) is 0. The van der Waals surface area contributed by atoms with Crippen LogP contribution in [0.3, 0.4) is 0 Å². The molecular formula is C12H29BrN2O. The van der Waals surface area contributed by atoms with E-state index >= 15 is 0 Å². The fourth-order valence-electron chi connectivity index (χ4n) is 1.78. The van der Waals surface area contributed by atoms with Crippen LogP contribution in [0.1, 0.15) is 27.7 Å². The molecule has 0 atom stereocenters. The second-order valence-electron chi connectivity index (χ2n) is 5.05. The number of hydrogen-bond acceptors (Lipinski definition) is 2. The zero-order valence-corrected chi connectivity index (χ0v) is 13.3. The molecule has 0 saturated carbocycles. The van der Waals surface area contributed by atoms with Gasteiger partial charge in [-0.3, -0.25) is 0 Å². The summed E-state index contributed by atoms with van der Waals surface area (Å²) in [5.41, 5.74) is 0. The SMILES string of the molecule is CC(C)[NH+](CCOCCN(C)C)C(C)C.[Br-]. The third-order valence-electron chi connectivity index (χ3n) is 2.70. The van der Waals surface area contributed by atoms with Gasteiger partial charge in [0.25, 0.3) is 0 Å². The van der Waals surface area contributed by atoms with E-state index in [-0.39, 0.29) is 17.0 Å². The molecule has 1 N–H and O–H groups in total. The first-order valence-electron chi connectivity index (χ1n) is 6.03. The molecule has 3 nitrogen and oxygen atoms in total. The molecule has 4 heteroatoms. The van der Waals surface area contributed by atoms with Crippen LogP contribution >= 0.6 is 0 Å². The molecule has 0 aliphatic heterocycles. The van der Waals surface area contributed by atoms with Crippen molar-refractivity contribution in [3.8, 4) is 0 Å². The standard InChI is InChI=1S/C12H28N2O.BrH/c1-11(2)14(12(3)4)8-10-15-9-7-13(5)6;/h11-12H,7-10H2,1-6H3;1H. The zero-order valence-electron chi connectivity index (χ0n) is 11.7. The van der Waals surface area contributed by atoms with Crippen LogP contribution in [0.5, 0.6) is 0 Å². The van der Waals surface area contributed by atoms with Gasteiger partial charge in [-0.05, 0) is 41.8 Å². The van der Waals surface area contributed by atoms with Gasteiger partial charge in [0.2, 0.25) is 0 Å². The largest absolute Gasteiger partial charge is 1.00 e. The second kappa shape index (κ2) is 10.5. The van der Waals surface area contributed by atoms with E-state index in [1.807, 2.05) is 0 Å². The predicted octanol–water partition coefficient (Wildman–Crippen LogP) is -2.73. The minimum atomic E-state index is 0. The summed E-state index contributed by atoms with van der Waals surface area (Å²) >= 11 is 0. The van der Waals surface area contributed by atoms with E-state index in [0.29, 0.717) is 12.1 Å². The van der Waals surface area contributed by atoms with Gasteiger partial charge in [0.05, 0.1) is 25.3 Å². The van der Waals surface area contributed by atoms with Gasteiger partial charge in [-0.15, -0.1) is 0 Å². The van der Waals surface area contributed by atoms with Crippen molar-refractivity contribution < 1.29 is 26.6 Å². The molecule has 0 aliphatic rings. The Morgan fingerprint density at radius 2 is 1.50 bits per heavy atom. The Balaban J connectivity index is 0. The maximum absolute atomic E-state index is 5.61. The molecular weight excluding hydrogens is 268 g/mol. The van der Waals surface area contributed by atoms with Crippen LogP contribution in [-0.2, 0) is 4.74 Å². The van der Waals surface area contributed by atoms with Crippen molar-refractivity contribution >= 4 is 0 Å². The number of halogens is 1. The Labute approximate surface area is 112 Å². The molecule has 0 amide bonds. The topological polar surface area (TPSA) is 16.9 Å². The summed E-state index contributed by atoms with van der Waals surface area (Å²) in [4.78, 5) is 3.77. The highest BCUT2D eigenvalue weighted by molar-refractivity contribution is 4.43. The highest BCUT2D eigenvalue weighted by atomic mass is 79.9. The highest BCUT2D eigenvalue weighted by Gasteiger charge is 2.16. The lowest BCUT2D eigenvalue weighted by atomic mass is 10.2. The molecule has 0 heterocycles. The van der Waals surface area contributed by atoms with Crippen molar-refractivity contribution in [1.82, 2.24) is 4.90 Å². The fraction of sp³-hybridized carbons (Fsp3) is 1.00. The molecule has 0 radical (unpaired) electrons. The Morgan fingerprint density at radius 1 is 1.00 bits per heavy atom. The van der Waals surface area contributed by atoms with Crippen LogP contribution in [-0.4, -0.2) is 57.4 Å². The first-order valence-corrected chi connectivity index (χ1v) is 6.03. The third-order valence-corrected chi connectivity index (χ3v) is 2.70. The maximum Gasteiger partial charge on any atom is 0.101 e. The van der Waals surface area contributed by atoms with Gasteiger partial charge >= 0.3 is 0 Å². The zero-order chi connectivity index (χ0) is 11.8. The Bertz CT molecular complexity index is 144. The van der Waals surface area contributed by atoms with Gasteiger partial charge in [0.15, 0.2) is 0 Å². The monoisotopic (exact) mass is 296 g/mol. The van der Waals surface area contributed by atoms with Gasteiger partial charge in [-0.25, -0.2) is 0 Å². The van der Waals surface area contributed by atoms with Gasteiger partial charge in [0, 0.05) is 6.54 Å². The minimum Gasteiger partial charge on any atom is -1.00 e. The van der Waals surface area contributed by atoms with E-state index in [1.165, 1.54) is 0 Å². The number of quaternary nitrogens is 1. The summed E-state index contributed by atoms with van der Waals surface area (Å²) in [6.45, 7) is 12.9. The minimum absolute atomic E-state index is 0. The van der Waals surface area contributed by atoms with Crippen molar-refractivity contribution in [2.24, 2.45) is 0 Å². The van der Waals surface area contributed by atoms with Crippen LogP contribution in [0.25, 0.3) is 0 Å². The van der Waals surface area contributed by atoms with Crippen molar-refractivity contribution in [2.45, 2.75) is 39.8 Å². The van der Waals surface area contributed by atoms with Crippen molar-refractivity contribution in [2.75, 3.05) is 40.4 Å². The number of nitrogens with zero attached hydrogens (tertiary/aromatic N) is 1. The molecule has 0 aromatic heterocycles. The summed E-state index contributed by atoms with van der Waals surface area (Å²) < 4.78 is 5.61. The average molecular weight is 297 g/mol. The van der Waals surface area contributed by atoms with E-state index in [0.717, 1.165) is 26.3 Å². The Hall–Kier alpha value is 0.360. The number of rotatable bonds is 8. The predicted molar refractivity (Wildman–Crippen MR) is 65.5 cm³/mol. The van der Waals surface area contributed by atoms with Gasteiger partial charge in [-0.1, -0.05) is 0 Å². The lowest BCUT2D eigenvalue weighted by Crippen LogP contribution is -3.18. The van der Waals surface area contributed by atoms with E-state index in [9.17, 15) is 0 Å². The third kappa shape index (κ3) is 9.58. The summed E-state index contributed by atoms with van der Waals surface area (Å²) in [6, 6.07) is 1.37. The number of nitrogens with one attached hydrogen (secondary N) is 1. The van der Waals surface area contributed by atoms with Crippen LogP contribution in [0, 0.1) is 0 Å². The smallest absolute Gasteiger partial charge is 0.101 e. The molecule has 100 valence electrons. The number of hydrogen-bond donors (Lipinski definition) is 1. The second-order valence-corrected chi connectivity index (χ2v) is 5.05. The van der Waals surface area contributed by atoms with Gasteiger partial charge < -0.3 is 31.5 Å². The molecule has 0 saturated heterocycles. The summed E-state index contributed by atoms with van der Waals surface area (Å²) in [5.74, 6) is 0. The van der Waals surface area contributed by atoms with E-state index in [2.05, 4.69) is 46.7 Å². The normalized spacial score (nSPS) is 11.6. The molecule has 0 aromatic carbocycles. The maximum atomic E-state index is 5.61. The molecule has 0 rings (SSSR count). The van der Waals surface area contributed by atoms with Crippen LogP contribution in [0.4, 0.5) is 0 Å². The van der Waals surface area contributed by atoms with Crippen LogP contribution in [0.15, 0.2) is 0 Å². The molecule has 0 spiro atoms. The molecule has 0 aromatic rings. The summed E-state index contributed by atoms with van der Waals surface area (Å²) in [5, 5.41) is 0.